The highest BCUT2D eigenvalue weighted by atomic mass is 79.9. The number of nitrogens with zero attached hydrogens (tertiary/aromatic N) is 2. The van der Waals surface area contributed by atoms with Crippen LogP contribution in [0.25, 0.3) is 16.2 Å². The van der Waals surface area contributed by atoms with Crippen LogP contribution in [0.15, 0.2) is 28.9 Å². The number of nitrogen functional groups attached to an aromatic ring is 1. The number of anilines is 1. The number of hydrogen-bond donors (Lipinski definition) is 1. The molecule has 0 saturated carbocycles. The van der Waals surface area contributed by atoms with Gasteiger partial charge in [0.1, 0.15) is 17.2 Å². The van der Waals surface area contributed by atoms with Crippen molar-refractivity contribution in [1.82, 2.24) is 9.38 Å². The highest BCUT2D eigenvalue weighted by molar-refractivity contribution is 9.10. The van der Waals surface area contributed by atoms with Crippen LogP contribution in [-0.4, -0.2) is 9.38 Å². The van der Waals surface area contributed by atoms with Crippen molar-refractivity contribution in [3.05, 3.63) is 39.3 Å². The molecule has 0 fully saturated rings. The lowest BCUT2D eigenvalue weighted by atomic mass is 9.95. The summed E-state index contributed by atoms with van der Waals surface area (Å²) in [4.78, 5) is 7.17. The molecule has 3 aromatic heterocycles. The summed E-state index contributed by atoms with van der Waals surface area (Å²) in [5.74, 6) is 0.688. The topological polar surface area (TPSA) is 43.3 Å². The van der Waals surface area contributed by atoms with Crippen LogP contribution in [0.1, 0.15) is 31.2 Å². The normalized spacial score (nSPS) is 12.2. The minimum atomic E-state index is 0.149. The Morgan fingerprint density at radius 2 is 2.00 bits per heavy atom. The molecule has 3 aromatic rings. The van der Waals surface area contributed by atoms with Crippen molar-refractivity contribution >= 4 is 38.7 Å². The summed E-state index contributed by atoms with van der Waals surface area (Å²) in [5.41, 5.74) is 9.35. The van der Waals surface area contributed by atoms with Gasteiger partial charge in [0.15, 0.2) is 0 Å². The van der Waals surface area contributed by atoms with Crippen LogP contribution in [0, 0.1) is 6.92 Å². The van der Waals surface area contributed by atoms with E-state index in [1.807, 2.05) is 16.7 Å². The Bertz CT molecular complexity index is 824. The molecule has 0 aliphatic carbocycles. The zero-order valence-electron chi connectivity index (χ0n) is 12.6. The van der Waals surface area contributed by atoms with Gasteiger partial charge in [0.2, 0.25) is 0 Å². The molecule has 110 valence electrons. The van der Waals surface area contributed by atoms with Gasteiger partial charge in [-0.2, -0.15) is 0 Å². The molecule has 0 unspecified atom stereocenters. The van der Waals surface area contributed by atoms with Crippen molar-refractivity contribution in [2.24, 2.45) is 0 Å². The molecule has 0 radical (unpaired) electrons. The SMILES string of the molecule is Cc1cc2nc(-c3ccc(C(C)(C)C)s3)c(N)n2cc1Br. The van der Waals surface area contributed by atoms with Crippen molar-refractivity contribution in [3.63, 3.8) is 0 Å². The van der Waals surface area contributed by atoms with Gasteiger partial charge < -0.3 is 5.73 Å². The fourth-order valence-electron chi connectivity index (χ4n) is 2.23. The average molecular weight is 364 g/mol. The van der Waals surface area contributed by atoms with Gasteiger partial charge in [0.05, 0.1) is 4.88 Å². The quantitative estimate of drug-likeness (QED) is 0.659. The van der Waals surface area contributed by atoms with Crippen LogP contribution in [0.5, 0.6) is 0 Å². The smallest absolute Gasteiger partial charge is 0.139 e. The van der Waals surface area contributed by atoms with Gasteiger partial charge in [0, 0.05) is 15.5 Å². The number of imidazole rings is 1. The van der Waals surface area contributed by atoms with E-state index in [1.54, 1.807) is 11.3 Å². The standard InChI is InChI=1S/C16H18BrN3S/c1-9-7-13-19-14(15(18)20(13)8-10(9)17)11-5-6-12(21-11)16(2,3)4/h5-8H,18H2,1-4H3. The Kier molecular flexibility index (Phi) is 3.37. The predicted molar refractivity (Wildman–Crippen MR) is 94.1 cm³/mol. The highest BCUT2D eigenvalue weighted by Gasteiger charge is 2.19. The third kappa shape index (κ3) is 2.49. The Morgan fingerprint density at radius 3 is 2.62 bits per heavy atom. The van der Waals surface area contributed by atoms with Crippen LogP contribution in [0.3, 0.4) is 0 Å². The van der Waals surface area contributed by atoms with E-state index in [-0.39, 0.29) is 5.41 Å². The lowest BCUT2D eigenvalue weighted by Crippen LogP contribution is -2.07. The molecule has 0 aromatic carbocycles. The largest absolute Gasteiger partial charge is 0.383 e. The predicted octanol–water partition coefficient (Wildman–Crippen LogP) is 5.01. The summed E-state index contributed by atoms with van der Waals surface area (Å²) >= 11 is 5.31. The van der Waals surface area contributed by atoms with Gasteiger partial charge in [-0.15, -0.1) is 11.3 Å². The van der Waals surface area contributed by atoms with Crippen LogP contribution in [0.4, 0.5) is 5.82 Å². The average Bonchev–Trinajstić information content (AvgIpc) is 2.97. The maximum Gasteiger partial charge on any atom is 0.139 e. The number of fused-ring (bicyclic) bond motifs is 1. The minimum Gasteiger partial charge on any atom is -0.383 e. The van der Waals surface area contributed by atoms with E-state index in [1.165, 1.54) is 4.88 Å². The molecular weight excluding hydrogens is 346 g/mol. The fraction of sp³-hybridized carbons (Fsp3) is 0.312. The molecule has 0 spiro atoms. The molecule has 0 atom stereocenters. The number of halogens is 1. The number of aromatic nitrogens is 2. The van der Waals surface area contributed by atoms with Crippen LogP contribution < -0.4 is 5.73 Å². The van der Waals surface area contributed by atoms with Crippen molar-refractivity contribution in [3.8, 4) is 10.6 Å². The van der Waals surface area contributed by atoms with E-state index in [0.717, 1.165) is 26.3 Å². The molecule has 0 saturated heterocycles. The second-order valence-corrected chi connectivity index (χ2v) is 8.23. The zero-order valence-corrected chi connectivity index (χ0v) is 15.0. The van der Waals surface area contributed by atoms with Crippen LogP contribution in [0.2, 0.25) is 0 Å². The molecule has 0 aliphatic rings. The third-order valence-electron chi connectivity index (χ3n) is 3.52. The van der Waals surface area contributed by atoms with Gasteiger partial charge >= 0.3 is 0 Å². The first-order chi connectivity index (χ1) is 9.77. The van der Waals surface area contributed by atoms with E-state index >= 15 is 0 Å². The van der Waals surface area contributed by atoms with Crippen molar-refractivity contribution in [2.45, 2.75) is 33.1 Å². The Hall–Kier alpha value is -1.33. The van der Waals surface area contributed by atoms with Gasteiger partial charge in [-0.25, -0.2) is 4.98 Å². The second-order valence-electron chi connectivity index (χ2n) is 6.29. The number of pyridine rings is 1. The van der Waals surface area contributed by atoms with Crippen molar-refractivity contribution < 1.29 is 0 Å². The number of thiophene rings is 1. The minimum absolute atomic E-state index is 0.149. The van der Waals surface area contributed by atoms with E-state index in [0.29, 0.717) is 5.82 Å². The summed E-state index contributed by atoms with van der Waals surface area (Å²) < 4.78 is 2.97. The summed E-state index contributed by atoms with van der Waals surface area (Å²) in [7, 11) is 0. The first-order valence-electron chi connectivity index (χ1n) is 6.82. The van der Waals surface area contributed by atoms with Crippen LogP contribution >= 0.6 is 27.3 Å². The lowest BCUT2D eigenvalue weighted by Gasteiger charge is -2.15. The van der Waals surface area contributed by atoms with Crippen molar-refractivity contribution in [1.29, 1.82) is 0 Å². The zero-order chi connectivity index (χ0) is 15.4. The summed E-state index contributed by atoms with van der Waals surface area (Å²) in [6.45, 7) is 8.71. The van der Waals surface area contributed by atoms with E-state index in [4.69, 9.17) is 10.7 Å². The van der Waals surface area contributed by atoms with Gasteiger partial charge in [0.25, 0.3) is 0 Å². The fourth-order valence-corrected chi connectivity index (χ4v) is 3.61. The molecular formula is C16H18BrN3S. The molecule has 5 heteroatoms. The Balaban J connectivity index is 2.17. The summed E-state index contributed by atoms with van der Waals surface area (Å²) in [5, 5.41) is 0. The molecule has 0 amide bonds. The van der Waals surface area contributed by atoms with E-state index in [9.17, 15) is 0 Å². The van der Waals surface area contributed by atoms with E-state index < -0.39 is 0 Å². The second kappa shape index (κ2) is 4.85. The number of aryl methyl sites for hydroxylation is 1. The van der Waals surface area contributed by atoms with E-state index in [2.05, 4.69) is 55.8 Å². The molecule has 0 aliphatic heterocycles. The highest BCUT2D eigenvalue weighted by Crippen LogP contribution is 2.37. The summed E-state index contributed by atoms with van der Waals surface area (Å²) in [6, 6.07) is 6.33. The Labute approximate surface area is 136 Å². The molecule has 0 bridgehead atoms. The first-order valence-corrected chi connectivity index (χ1v) is 8.42. The lowest BCUT2D eigenvalue weighted by molar-refractivity contribution is 0.604. The molecule has 3 heterocycles. The molecule has 21 heavy (non-hydrogen) atoms. The third-order valence-corrected chi connectivity index (χ3v) is 5.87. The first kappa shape index (κ1) is 14.6. The summed E-state index contributed by atoms with van der Waals surface area (Å²) in [6.07, 6.45) is 1.98. The molecule has 3 nitrogen and oxygen atoms in total. The Morgan fingerprint density at radius 1 is 1.29 bits per heavy atom. The van der Waals surface area contributed by atoms with Crippen LogP contribution in [-0.2, 0) is 5.41 Å². The van der Waals surface area contributed by atoms with Crippen molar-refractivity contribution in [2.75, 3.05) is 5.73 Å². The molecule has 2 N–H and O–H groups in total. The van der Waals surface area contributed by atoms with Gasteiger partial charge in [-0.3, -0.25) is 4.40 Å². The maximum atomic E-state index is 6.29. The number of rotatable bonds is 1. The number of nitrogens with two attached hydrogens (primary N) is 1. The maximum absolute atomic E-state index is 6.29. The molecule has 3 rings (SSSR count). The van der Waals surface area contributed by atoms with Gasteiger partial charge in [-0.05, 0) is 52.0 Å². The number of hydrogen-bond acceptors (Lipinski definition) is 3. The van der Waals surface area contributed by atoms with Gasteiger partial charge in [-0.1, -0.05) is 20.8 Å². The monoisotopic (exact) mass is 363 g/mol.